The maximum Gasteiger partial charge on any atom is 0.237 e. The lowest BCUT2D eigenvalue weighted by molar-refractivity contribution is -0.127. The molecule has 3 atom stereocenters. The number of aliphatic hydroxyl groups is 1. The van der Waals surface area contributed by atoms with Gasteiger partial charge in [-0.1, -0.05) is 0 Å². The Kier molecular flexibility index (Phi) is 6.41. The minimum atomic E-state index is -0.288. The second-order valence-corrected chi connectivity index (χ2v) is 6.24. The van der Waals surface area contributed by atoms with E-state index in [1.807, 2.05) is 13.8 Å². The number of amides is 1. The Morgan fingerprint density at radius 1 is 1.33 bits per heavy atom. The average Bonchev–Trinajstić information content (AvgIpc) is 2.97. The summed E-state index contributed by atoms with van der Waals surface area (Å²) in [5, 5.41) is 12.4. The number of hydrogen-bond donors (Lipinski definition) is 2. The number of hydrogen-bond acceptors (Lipinski definition) is 5. The zero-order valence-electron chi connectivity index (χ0n) is 13.3. The first-order valence-corrected chi connectivity index (χ1v) is 8.10. The van der Waals surface area contributed by atoms with E-state index in [2.05, 4.69) is 15.1 Å². The smallest absolute Gasteiger partial charge is 0.237 e. The number of β-amino-alcohol motifs (C(OH)–C–C–N with tert-alkyl or cyclic N) is 1. The zero-order chi connectivity index (χ0) is 15.2. The summed E-state index contributed by atoms with van der Waals surface area (Å²) in [6.07, 6.45) is 2.06. The Bertz CT molecular complexity index is 324. The summed E-state index contributed by atoms with van der Waals surface area (Å²) in [6.45, 7) is 9.52. The van der Waals surface area contributed by atoms with Gasteiger partial charge >= 0.3 is 0 Å². The van der Waals surface area contributed by atoms with Crippen LogP contribution in [-0.4, -0.2) is 84.9 Å². The van der Waals surface area contributed by atoms with Crippen LogP contribution in [0.3, 0.4) is 0 Å². The van der Waals surface area contributed by atoms with E-state index in [1.54, 1.807) is 0 Å². The molecule has 0 radical (unpaired) electrons. The van der Waals surface area contributed by atoms with Crippen LogP contribution in [0.5, 0.6) is 0 Å². The van der Waals surface area contributed by atoms with E-state index >= 15 is 0 Å². The molecule has 0 aliphatic carbocycles. The maximum atomic E-state index is 12.2. The first-order chi connectivity index (χ1) is 10.1. The molecule has 2 aliphatic rings. The van der Waals surface area contributed by atoms with Crippen LogP contribution in [0.2, 0.25) is 0 Å². The van der Waals surface area contributed by atoms with Crippen molar-refractivity contribution in [1.29, 1.82) is 0 Å². The van der Waals surface area contributed by atoms with Crippen LogP contribution >= 0.6 is 0 Å². The third-order valence-electron chi connectivity index (χ3n) is 4.38. The van der Waals surface area contributed by atoms with E-state index in [0.717, 1.165) is 45.6 Å². The molecule has 2 aliphatic heterocycles. The number of nitrogens with zero attached hydrogens (tertiary/aromatic N) is 2. The van der Waals surface area contributed by atoms with E-state index in [0.29, 0.717) is 13.1 Å². The number of carbonyl (C=O) groups is 1. The van der Waals surface area contributed by atoms with Crippen molar-refractivity contribution in [1.82, 2.24) is 15.1 Å². The molecular formula is C15H29N3O3. The normalized spacial score (nSPS) is 27.5. The number of aliphatic hydroxyl groups excluding tert-OH is 1. The molecule has 2 rings (SSSR count). The number of ether oxygens (including phenoxy) is 1. The summed E-state index contributed by atoms with van der Waals surface area (Å²) in [7, 11) is 0. The summed E-state index contributed by atoms with van der Waals surface area (Å²) in [4.78, 5) is 16.7. The highest BCUT2D eigenvalue weighted by atomic mass is 16.5. The van der Waals surface area contributed by atoms with Crippen molar-refractivity contribution < 1.29 is 14.6 Å². The quantitative estimate of drug-likeness (QED) is 0.703. The van der Waals surface area contributed by atoms with Crippen molar-refractivity contribution in [2.24, 2.45) is 0 Å². The Hall–Kier alpha value is -0.690. The van der Waals surface area contributed by atoms with Crippen molar-refractivity contribution in [2.45, 2.75) is 44.9 Å². The van der Waals surface area contributed by atoms with Crippen molar-refractivity contribution in [3.05, 3.63) is 0 Å². The van der Waals surface area contributed by atoms with E-state index < -0.39 is 0 Å². The van der Waals surface area contributed by atoms with Crippen LogP contribution in [-0.2, 0) is 9.53 Å². The summed E-state index contributed by atoms with van der Waals surface area (Å²) >= 11 is 0. The Morgan fingerprint density at radius 2 is 2.05 bits per heavy atom. The van der Waals surface area contributed by atoms with Crippen LogP contribution < -0.4 is 5.32 Å². The predicted molar refractivity (Wildman–Crippen MR) is 81.1 cm³/mol. The molecule has 2 saturated heterocycles. The number of nitrogens with one attached hydrogen (secondary N) is 1. The lowest BCUT2D eigenvalue weighted by Gasteiger charge is -2.37. The highest BCUT2D eigenvalue weighted by Crippen LogP contribution is 2.11. The molecule has 0 unspecified atom stereocenters. The lowest BCUT2D eigenvalue weighted by atomic mass is 10.2. The average molecular weight is 299 g/mol. The summed E-state index contributed by atoms with van der Waals surface area (Å²) in [6, 6.07) is -0.0971. The Morgan fingerprint density at radius 3 is 2.62 bits per heavy atom. The molecule has 0 bridgehead atoms. The molecule has 0 aromatic carbocycles. The first kappa shape index (κ1) is 16.7. The molecule has 122 valence electrons. The van der Waals surface area contributed by atoms with Crippen molar-refractivity contribution >= 4 is 5.91 Å². The van der Waals surface area contributed by atoms with Crippen LogP contribution in [0.25, 0.3) is 0 Å². The van der Waals surface area contributed by atoms with Crippen LogP contribution in [0.4, 0.5) is 0 Å². The largest absolute Gasteiger partial charge is 0.392 e. The Balaban J connectivity index is 1.68. The fraction of sp³-hybridized carbons (Fsp3) is 0.933. The van der Waals surface area contributed by atoms with Gasteiger partial charge in [-0.2, -0.15) is 0 Å². The third kappa shape index (κ3) is 5.21. The molecule has 0 saturated carbocycles. The van der Waals surface area contributed by atoms with Crippen LogP contribution in [0.1, 0.15) is 26.7 Å². The van der Waals surface area contributed by atoms with E-state index in [-0.39, 0.29) is 24.2 Å². The van der Waals surface area contributed by atoms with Gasteiger partial charge in [0.25, 0.3) is 0 Å². The molecule has 0 aromatic rings. The molecule has 2 fully saturated rings. The van der Waals surface area contributed by atoms with Crippen LogP contribution in [0.15, 0.2) is 0 Å². The second kappa shape index (κ2) is 8.08. The van der Waals surface area contributed by atoms with Gasteiger partial charge in [-0.3, -0.25) is 14.6 Å². The molecule has 2 heterocycles. The van der Waals surface area contributed by atoms with Gasteiger partial charge in [-0.15, -0.1) is 0 Å². The highest BCUT2D eigenvalue weighted by Gasteiger charge is 2.26. The van der Waals surface area contributed by atoms with Crippen LogP contribution in [0, 0.1) is 0 Å². The summed E-state index contributed by atoms with van der Waals surface area (Å²) in [5.41, 5.74) is 0. The molecule has 6 nitrogen and oxygen atoms in total. The highest BCUT2D eigenvalue weighted by molar-refractivity contribution is 5.81. The standard InChI is InChI=1S/C15H29N3O3/c1-12(19)11-17-5-7-18(8-6-17)13(2)15(20)16-10-14-4-3-9-21-14/h12-14,19H,3-11H2,1-2H3,(H,16,20)/t12-,13+,14-/m0/s1. The minimum absolute atomic E-state index is 0.0921. The van der Waals surface area contributed by atoms with Gasteiger partial charge < -0.3 is 15.2 Å². The summed E-state index contributed by atoms with van der Waals surface area (Å²) in [5.74, 6) is 0.0921. The Labute approximate surface area is 127 Å². The fourth-order valence-corrected chi connectivity index (χ4v) is 3.04. The van der Waals surface area contributed by atoms with Crippen molar-refractivity contribution in [2.75, 3.05) is 45.9 Å². The van der Waals surface area contributed by atoms with E-state index in [4.69, 9.17) is 4.74 Å². The minimum Gasteiger partial charge on any atom is -0.392 e. The van der Waals surface area contributed by atoms with E-state index in [9.17, 15) is 9.90 Å². The molecule has 0 aromatic heterocycles. The predicted octanol–water partition coefficient (Wildman–Crippen LogP) is -0.331. The van der Waals surface area contributed by atoms with Gasteiger partial charge in [0, 0.05) is 45.9 Å². The SMILES string of the molecule is C[C@H](O)CN1CCN([C@H](C)C(=O)NC[C@@H]2CCCO2)CC1. The van der Waals surface area contributed by atoms with Crippen molar-refractivity contribution in [3.63, 3.8) is 0 Å². The molecular weight excluding hydrogens is 270 g/mol. The molecule has 6 heteroatoms. The van der Waals surface area contributed by atoms with Gasteiger partial charge in [-0.05, 0) is 26.7 Å². The molecule has 2 N–H and O–H groups in total. The number of carbonyl (C=O) groups excluding carboxylic acids is 1. The third-order valence-corrected chi connectivity index (χ3v) is 4.38. The van der Waals surface area contributed by atoms with Gasteiger partial charge in [0.2, 0.25) is 5.91 Å². The van der Waals surface area contributed by atoms with Gasteiger partial charge in [0.15, 0.2) is 0 Å². The topological polar surface area (TPSA) is 65.0 Å². The van der Waals surface area contributed by atoms with Crippen molar-refractivity contribution in [3.8, 4) is 0 Å². The maximum absolute atomic E-state index is 12.2. The monoisotopic (exact) mass is 299 g/mol. The van der Waals surface area contributed by atoms with Gasteiger partial charge in [-0.25, -0.2) is 0 Å². The molecule has 0 spiro atoms. The molecule has 21 heavy (non-hydrogen) atoms. The number of rotatable bonds is 6. The number of piperazine rings is 1. The summed E-state index contributed by atoms with van der Waals surface area (Å²) < 4.78 is 5.52. The van der Waals surface area contributed by atoms with Gasteiger partial charge in [0.05, 0.1) is 18.2 Å². The second-order valence-electron chi connectivity index (χ2n) is 6.24. The zero-order valence-corrected chi connectivity index (χ0v) is 13.3. The molecule has 1 amide bonds. The van der Waals surface area contributed by atoms with E-state index in [1.165, 1.54) is 0 Å². The first-order valence-electron chi connectivity index (χ1n) is 8.10. The lowest BCUT2D eigenvalue weighted by Crippen LogP contribution is -2.55. The fourth-order valence-electron chi connectivity index (χ4n) is 3.04. The van der Waals surface area contributed by atoms with Gasteiger partial charge in [0.1, 0.15) is 0 Å².